The van der Waals surface area contributed by atoms with Gasteiger partial charge < -0.3 is 24.8 Å². The summed E-state index contributed by atoms with van der Waals surface area (Å²) in [5, 5.41) is 15.7. The van der Waals surface area contributed by atoms with Gasteiger partial charge in [0.15, 0.2) is 0 Å². The van der Waals surface area contributed by atoms with Crippen LogP contribution in [0, 0.1) is 17.2 Å². The van der Waals surface area contributed by atoms with Gasteiger partial charge in [0.05, 0.1) is 31.3 Å². The van der Waals surface area contributed by atoms with E-state index >= 15 is 0 Å². The van der Waals surface area contributed by atoms with Crippen LogP contribution in [-0.4, -0.2) is 65.0 Å². The number of ether oxygens (including phenoxy) is 1. The molecule has 2 aliphatic carbocycles. The zero-order valence-corrected chi connectivity index (χ0v) is 25.2. The van der Waals surface area contributed by atoms with Gasteiger partial charge in [0.1, 0.15) is 11.4 Å². The number of nitrogens with one attached hydrogen (secondary N) is 2. The molecule has 238 valence electrons. The number of benzene rings is 1. The van der Waals surface area contributed by atoms with Crippen molar-refractivity contribution in [2.45, 2.75) is 56.5 Å². The number of carbonyl (C=O) groups is 2. The molecule has 3 aromatic rings. The smallest absolute Gasteiger partial charge is 0.282 e. The summed E-state index contributed by atoms with van der Waals surface area (Å²) in [5.41, 5.74) is 2.54. The molecule has 2 saturated carbocycles. The van der Waals surface area contributed by atoms with Gasteiger partial charge in [0.2, 0.25) is 0 Å². The zero-order chi connectivity index (χ0) is 32.0. The predicted octanol–water partition coefficient (Wildman–Crippen LogP) is 4.46. The van der Waals surface area contributed by atoms with Gasteiger partial charge >= 0.3 is 0 Å². The van der Waals surface area contributed by atoms with Crippen LogP contribution in [0.5, 0.6) is 0 Å². The van der Waals surface area contributed by atoms with E-state index in [4.69, 9.17) is 4.74 Å². The number of likely N-dealkylation sites (tertiary alicyclic amines) is 1. The average Bonchev–Trinajstić information content (AvgIpc) is 3.98. The first-order valence-electron chi connectivity index (χ1n) is 15.8. The number of aromatic nitrogens is 2. The Morgan fingerprint density at radius 2 is 1.87 bits per heavy atom. The maximum atomic E-state index is 13.7. The molecule has 1 aromatic carbocycles. The highest BCUT2D eigenvalue weighted by Crippen LogP contribution is 2.42. The normalized spacial score (nSPS) is 20.2. The summed E-state index contributed by atoms with van der Waals surface area (Å²) in [5.74, 6) is -3.30. The van der Waals surface area contributed by atoms with Gasteiger partial charge in [-0.2, -0.15) is 5.26 Å². The van der Waals surface area contributed by atoms with Crippen molar-refractivity contribution in [3.05, 3.63) is 80.9 Å². The molecule has 0 radical (unpaired) electrons. The van der Waals surface area contributed by atoms with Crippen molar-refractivity contribution in [1.82, 2.24) is 19.8 Å². The second-order valence-electron chi connectivity index (χ2n) is 12.8. The van der Waals surface area contributed by atoms with E-state index in [1.165, 1.54) is 6.07 Å². The standard InChI is InChI=1S/C34H34F2N6O4/c35-34(36)18-41(19-34)32(44)27-9-20(13-37)1-6-26(27)24-11-29(23-2-3-23)39-30(12-24)40-31(43)28-10-22(15-38-14-21-7-8-46-17-21)16-42(33(28)45)25-4-5-25/h1,6,9-12,16,21,23,25,38H,2-5,7-8,14-15,17-19H2,(H,39,40,43)/t21-/m0/s1. The minimum absolute atomic E-state index is 0.0172. The van der Waals surface area contributed by atoms with E-state index in [1.54, 1.807) is 28.8 Å². The lowest BCUT2D eigenvalue weighted by Gasteiger charge is -2.39. The molecule has 0 spiro atoms. The number of pyridine rings is 2. The molecule has 2 amide bonds. The lowest BCUT2D eigenvalue weighted by molar-refractivity contribution is -0.113. The Morgan fingerprint density at radius 1 is 1.07 bits per heavy atom. The maximum absolute atomic E-state index is 13.7. The van der Waals surface area contributed by atoms with Gasteiger partial charge in [-0.3, -0.25) is 14.4 Å². The van der Waals surface area contributed by atoms with Crippen molar-refractivity contribution >= 4 is 17.6 Å². The van der Waals surface area contributed by atoms with E-state index < -0.39 is 30.8 Å². The third-order valence-corrected chi connectivity index (χ3v) is 8.97. The summed E-state index contributed by atoms with van der Waals surface area (Å²) in [7, 11) is 0. The molecule has 0 bridgehead atoms. The Bertz CT molecular complexity index is 1800. The number of amides is 2. The average molecular weight is 629 g/mol. The van der Waals surface area contributed by atoms with E-state index in [2.05, 4.69) is 15.6 Å². The van der Waals surface area contributed by atoms with E-state index in [1.807, 2.05) is 18.3 Å². The first kappa shape index (κ1) is 30.2. The summed E-state index contributed by atoms with van der Waals surface area (Å²) in [6, 6.07) is 11.7. The van der Waals surface area contributed by atoms with Crippen LogP contribution in [-0.2, 0) is 11.3 Å². The minimum atomic E-state index is -2.94. The SMILES string of the molecule is N#Cc1ccc(-c2cc(NC(=O)c3cc(CNC[C@@H]4CCOC4)cn(C4CC4)c3=O)nc(C3CC3)c2)c(C(=O)N2CC(F)(F)C2)c1. The molecule has 10 nitrogen and oxygen atoms in total. The minimum Gasteiger partial charge on any atom is -0.381 e. The molecule has 2 saturated heterocycles. The lowest BCUT2D eigenvalue weighted by Crippen LogP contribution is -2.58. The monoisotopic (exact) mass is 628 g/mol. The molecule has 4 fully saturated rings. The van der Waals surface area contributed by atoms with E-state index in [-0.39, 0.29) is 40.0 Å². The van der Waals surface area contributed by atoms with Crippen LogP contribution in [0.4, 0.5) is 14.6 Å². The molecule has 1 atom stereocenters. The Labute approximate surface area is 264 Å². The molecular formula is C34H34F2N6O4. The van der Waals surface area contributed by atoms with Crippen molar-refractivity contribution < 1.29 is 23.1 Å². The van der Waals surface area contributed by atoms with Crippen LogP contribution in [0.15, 0.2) is 47.4 Å². The second-order valence-corrected chi connectivity index (χ2v) is 12.8. The lowest BCUT2D eigenvalue weighted by atomic mass is 9.95. The molecule has 2 N–H and O–H groups in total. The largest absolute Gasteiger partial charge is 0.381 e. The number of nitrogens with zero attached hydrogens (tertiary/aromatic N) is 4. The number of halogens is 2. The Hall–Kier alpha value is -4.47. The summed E-state index contributed by atoms with van der Waals surface area (Å²) >= 11 is 0. The highest BCUT2D eigenvalue weighted by atomic mass is 19.3. The quantitative estimate of drug-likeness (QED) is 0.339. The van der Waals surface area contributed by atoms with Crippen LogP contribution >= 0.6 is 0 Å². The fourth-order valence-corrected chi connectivity index (χ4v) is 6.12. The third-order valence-electron chi connectivity index (χ3n) is 8.97. The third kappa shape index (κ3) is 6.43. The first-order chi connectivity index (χ1) is 22.2. The molecule has 7 rings (SSSR count). The first-order valence-corrected chi connectivity index (χ1v) is 15.8. The molecule has 2 aromatic heterocycles. The van der Waals surface area contributed by atoms with Gasteiger partial charge in [-0.25, -0.2) is 13.8 Å². The van der Waals surface area contributed by atoms with Gasteiger partial charge in [-0.1, -0.05) is 6.07 Å². The van der Waals surface area contributed by atoms with Gasteiger partial charge in [0, 0.05) is 49.1 Å². The highest BCUT2D eigenvalue weighted by molar-refractivity contribution is 6.05. The van der Waals surface area contributed by atoms with E-state index in [0.29, 0.717) is 23.6 Å². The number of hydrogen-bond acceptors (Lipinski definition) is 7. The van der Waals surface area contributed by atoms with Gasteiger partial charge in [-0.15, -0.1) is 0 Å². The Morgan fingerprint density at radius 3 is 2.54 bits per heavy atom. The van der Waals surface area contributed by atoms with Crippen molar-refractivity contribution in [3.63, 3.8) is 0 Å². The Kier molecular flexibility index (Phi) is 7.90. The van der Waals surface area contributed by atoms with Crippen molar-refractivity contribution in [1.29, 1.82) is 5.26 Å². The molecule has 4 heterocycles. The topological polar surface area (TPSA) is 129 Å². The molecule has 0 unspecified atom stereocenters. The second kappa shape index (κ2) is 12.0. The van der Waals surface area contributed by atoms with Crippen LogP contribution in [0.25, 0.3) is 11.1 Å². The predicted molar refractivity (Wildman–Crippen MR) is 165 cm³/mol. The van der Waals surface area contributed by atoms with Gasteiger partial charge in [0.25, 0.3) is 23.3 Å². The number of carbonyl (C=O) groups excluding carboxylic acids is 2. The van der Waals surface area contributed by atoms with Crippen LogP contribution in [0.2, 0.25) is 0 Å². The number of hydrogen-bond donors (Lipinski definition) is 2. The molecule has 12 heteroatoms. The van der Waals surface area contributed by atoms with Crippen LogP contribution < -0.4 is 16.2 Å². The molecule has 2 aliphatic heterocycles. The van der Waals surface area contributed by atoms with Gasteiger partial charge in [-0.05, 0) is 85.0 Å². The summed E-state index contributed by atoms with van der Waals surface area (Å²) in [6.07, 6.45) is 6.43. The highest BCUT2D eigenvalue weighted by Gasteiger charge is 2.46. The number of rotatable bonds is 10. The maximum Gasteiger partial charge on any atom is 0.282 e. The summed E-state index contributed by atoms with van der Waals surface area (Å²) in [4.78, 5) is 46.2. The molecular weight excluding hydrogens is 594 g/mol. The van der Waals surface area contributed by atoms with Crippen LogP contribution in [0.1, 0.15) is 81.6 Å². The van der Waals surface area contributed by atoms with Crippen molar-refractivity contribution in [2.75, 3.05) is 38.2 Å². The fourth-order valence-electron chi connectivity index (χ4n) is 6.12. The van der Waals surface area contributed by atoms with Crippen molar-refractivity contribution in [2.24, 2.45) is 5.92 Å². The zero-order valence-electron chi connectivity index (χ0n) is 25.2. The molecule has 4 aliphatic rings. The number of anilines is 1. The fraction of sp³-hybridized carbons (Fsp3) is 0.441. The van der Waals surface area contributed by atoms with E-state index in [9.17, 15) is 28.4 Å². The number of alkyl halides is 2. The summed E-state index contributed by atoms with van der Waals surface area (Å²) < 4.78 is 34.3. The Balaban J connectivity index is 1.18. The number of nitriles is 1. The molecule has 46 heavy (non-hydrogen) atoms. The van der Waals surface area contributed by atoms with Crippen molar-refractivity contribution in [3.8, 4) is 17.2 Å². The summed E-state index contributed by atoms with van der Waals surface area (Å²) in [6.45, 7) is 1.40. The van der Waals surface area contributed by atoms with Crippen LogP contribution in [0.3, 0.4) is 0 Å². The van der Waals surface area contributed by atoms with E-state index in [0.717, 1.165) is 68.0 Å².